The third kappa shape index (κ3) is 4.77. The second kappa shape index (κ2) is 10.7. The zero-order valence-corrected chi connectivity index (χ0v) is 21.6. The summed E-state index contributed by atoms with van der Waals surface area (Å²) in [6.45, 7) is 9.97. The van der Waals surface area contributed by atoms with Crippen LogP contribution in [0.15, 0.2) is 56.1 Å². The van der Waals surface area contributed by atoms with Gasteiger partial charge in [0.2, 0.25) is 5.76 Å². The van der Waals surface area contributed by atoms with Gasteiger partial charge in [0, 0.05) is 17.6 Å². The maximum atomic E-state index is 13.7. The van der Waals surface area contributed by atoms with Crippen LogP contribution in [-0.4, -0.2) is 48.5 Å². The van der Waals surface area contributed by atoms with Gasteiger partial charge < -0.3 is 19.0 Å². The van der Waals surface area contributed by atoms with Crippen LogP contribution < -0.4 is 10.2 Å². The van der Waals surface area contributed by atoms with Crippen molar-refractivity contribution in [2.24, 2.45) is 0 Å². The minimum atomic E-state index is -0.521. The summed E-state index contributed by atoms with van der Waals surface area (Å²) in [6.07, 6.45) is 2.02. The van der Waals surface area contributed by atoms with Crippen LogP contribution in [0.25, 0.3) is 11.0 Å². The van der Waals surface area contributed by atoms with E-state index in [1.54, 1.807) is 17.0 Å². The number of halogens is 1. The average Bonchev–Trinajstić information content (AvgIpc) is 3.12. The van der Waals surface area contributed by atoms with Gasteiger partial charge >= 0.3 is 0 Å². The van der Waals surface area contributed by atoms with Gasteiger partial charge in [0.25, 0.3) is 5.91 Å². The van der Waals surface area contributed by atoms with Crippen LogP contribution >= 0.6 is 15.9 Å². The van der Waals surface area contributed by atoms with E-state index in [0.717, 1.165) is 48.3 Å². The van der Waals surface area contributed by atoms with Gasteiger partial charge in [-0.1, -0.05) is 55.3 Å². The summed E-state index contributed by atoms with van der Waals surface area (Å²) in [7, 11) is 0. The van der Waals surface area contributed by atoms with Crippen molar-refractivity contribution < 1.29 is 13.9 Å². The summed E-state index contributed by atoms with van der Waals surface area (Å²) >= 11 is 3.45. The van der Waals surface area contributed by atoms with Crippen LogP contribution in [0.1, 0.15) is 61.3 Å². The van der Waals surface area contributed by atoms with Gasteiger partial charge in [-0.3, -0.25) is 9.59 Å². The smallest absolute Gasteiger partial charge is 0.290 e. The number of nitrogens with zero attached hydrogens (tertiary/aromatic N) is 2. The predicted molar refractivity (Wildman–Crippen MR) is 138 cm³/mol. The standard InChI is InChI=1S/C27H31BrN2O4/c1-4-7-15-33-20-10-8-9-18(16-20)24-23-25(31)21-17-19(28)11-12-22(21)34-26(23)27(32)30(24)14-13-29(5-2)6-3/h8-12,16-17,24H,4-7,13-15H2,1-3H3. The molecule has 4 rings (SSSR count). The van der Waals surface area contributed by atoms with E-state index in [2.05, 4.69) is 41.6 Å². The van der Waals surface area contributed by atoms with Crippen LogP contribution in [0.4, 0.5) is 0 Å². The SMILES string of the molecule is CCCCOc1cccc(C2c3c(oc4ccc(Br)cc4c3=O)C(=O)N2CCN(CC)CC)c1. The molecule has 1 atom stereocenters. The molecule has 0 fully saturated rings. The average molecular weight is 527 g/mol. The summed E-state index contributed by atoms with van der Waals surface area (Å²) in [5.74, 6) is 0.636. The van der Waals surface area contributed by atoms with Crippen molar-refractivity contribution in [3.63, 3.8) is 0 Å². The van der Waals surface area contributed by atoms with Gasteiger partial charge in [0.1, 0.15) is 11.3 Å². The fraction of sp³-hybridized carbons (Fsp3) is 0.407. The number of hydrogen-bond donors (Lipinski definition) is 0. The molecule has 2 aromatic carbocycles. The Hall–Kier alpha value is -2.64. The van der Waals surface area contributed by atoms with E-state index in [1.165, 1.54) is 0 Å². The van der Waals surface area contributed by atoms with E-state index >= 15 is 0 Å². The highest BCUT2D eigenvalue weighted by atomic mass is 79.9. The molecule has 1 aromatic heterocycles. The molecule has 1 aliphatic heterocycles. The van der Waals surface area contributed by atoms with E-state index in [9.17, 15) is 9.59 Å². The zero-order chi connectivity index (χ0) is 24.2. The Kier molecular flexibility index (Phi) is 7.73. The van der Waals surface area contributed by atoms with Crippen molar-refractivity contribution in [3.8, 4) is 5.75 Å². The topological polar surface area (TPSA) is 63.0 Å². The molecule has 1 aliphatic rings. The highest BCUT2D eigenvalue weighted by molar-refractivity contribution is 9.10. The lowest BCUT2D eigenvalue weighted by Crippen LogP contribution is -2.37. The van der Waals surface area contributed by atoms with Crippen LogP contribution in [0.5, 0.6) is 5.75 Å². The minimum Gasteiger partial charge on any atom is -0.494 e. The molecule has 0 saturated carbocycles. The Morgan fingerprint density at radius 2 is 1.88 bits per heavy atom. The lowest BCUT2D eigenvalue weighted by Gasteiger charge is -2.28. The fourth-order valence-corrected chi connectivity index (χ4v) is 4.83. The molecule has 0 N–H and O–H groups in total. The molecular formula is C27H31BrN2O4. The molecule has 0 radical (unpaired) electrons. The number of fused-ring (bicyclic) bond motifs is 2. The second-order valence-corrected chi connectivity index (χ2v) is 9.43. The Morgan fingerprint density at radius 3 is 2.62 bits per heavy atom. The Balaban J connectivity index is 1.81. The highest BCUT2D eigenvalue weighted by Crippen LogP contribution is 2.39. The Morgan fingerprint density at radius 1 is 1.09 bits per heavy atom. The molecule has 0 spiro atoms. The molecule has 6 nitrogen and oxygen atoms in total. The first kappa shape index (κ1) is 24.5. The number of carbonyl (C=O) groups is 1. The Bertz CT molecular complexity index is 1240. The molecule has 34 heavy (non-hydrogen) atoms. The first-order valence-corrected chi connectivity index (χ1v) is 12.8. The number of amides is 1. The molecule has 3 aromatic rings. The maximum absolute atomic E-state index is 13.7. The van der Waals surface area contributed by atoms with Gasteiger partial charge in [-0.05, 0) is 55.4 Å². The van der Waals surface area contributed by atoms with E-state index in [0.29, 0.717) is 29.7 Å². The second-order valence-electron chi connectivity index (χ2n) is 8.52. The number of likely N-dealkylation sites (N-methyl/N-ethyl adjacent to an activating group) is 1. The van der Waals surface area contributed by atoms with Crippen molar-refractivity contribution >= 4 is 32.8 Å². The summed E-state index contributed by atoms with van der Waals surface area (Å²) < 4.78 is 12.8. The molecule has 0 bridgehead atoms. The summed E-state index contributed by atoms with van der Waals surface area (Å²) in [6, 6.07) is 12.5. The van der Waals surface area contributed by atoms with E-state index < -0.39 is 6.04 Å². The van der Waals surface area contributed by atoms with Crippen LogP contribution in [-0.2, 0) is 0 Å². The highest BCUT2D eigenvalue weighted by Gasteiger charge is 2.42. The molecule has 0 saturated heterocycles. The predicted octanol–water partition coefficient (Wildman–Crippen LogP) is 5.62. The third-order valence-corrected chi connectivity index (χ3v) is 6.91. The lowest BCUT2D eigenvalue weighted by atomic mass is 9.98. The monoisotopic (exact) mass is 526 g/mol. The molecule has 7 heteroatoms. The van der Waals surface area contributed by atoms with Crippen molar-refractivity contribution in [2.75, 3.05) is 32.8 Å². The van der Waals surface area contributed by atoms with Crippen molar-refractivity contribution in [1.29, 1.82) is 0 Å². The van der Waals surface area contributed by atoms with Gasteiger partial charge in [-0.15, -0.1) is 0 Å². The van der Waals surface area contributed by atoms with Crippen LogP contribution in [0, 0.1) is 0 Å². The van der Waals surface area contributed by atoms with Gasteiger partial charge in [-0.2, -0.15) is 0 Å². The first-order chi connectivity index (χ1) is 16.5. The van der Waals surface area contributed by atoms with Gasteiger partial charge in [0.05, 0.1) is 23.6 Å². The molecule has 1 unspecified atom stereocenters. The fourth-order valence-electron chi connectivity index (χ4n) is 4.47. The number of carbonyl (C=O) groups excluding carboxylic acids is 1. The summed E-state index contributed by atoms with van der Waals surface area (Å²) in [4.78, 5) is 31.3. The minimum absolute atomic E-state index is 0.140. The van der Waals surface area contributed by atoms with E-state index in [1.807, 2.05) is 30.3 Å². The first-order valence-electron chi connectivity index (χ1n) is 12.0. The number of benzene rings is 2. The van der Waals surface area contributed by atoms with E-state index in [-0.39, 0.29) is 17.1 Å². The molecule has 2 heterocycles. The summed E-state index contributed by atoms with van der Waals surface area (Å²) in [5, 5.41) is 0.465. The largest absolute Gasteiger partial charge is 0.494 e. The number of hydrogen-bond acceptors (Lipinski definition) is 5. The third-order valence-electron chi connectivity index (χ3n) is 6.42. The Labute approximate surface area is 208 Å². The van der Waals surface area contributed by atoms with E-state index in [4.69, 9.17) is 9.15 Å². The number of ether oxygens (including phenoxy) is 1. The van der Waals surface area contributed by atoms with Crippen molar-refractivity contribution in [2.45, 2.75) is 39.7 Å². The van der Waals surface area contributed by atoms with Crippen LogP contribution in [0.2, 0.25) is 0 Å². The van der Waals surface area contributed by atoms with Crippen LogP contribution in [0.3, 0.4) is 0 Å². The van der Waals surface area contributed by atoms with Crippen molar-refractivity contribution in [1.82, 2.24) is 9.80 Å². The molecular weight excluding hydrogens is 496 g/mol. The molecule has 1 amide bonds. The molecule has 180 valence electrons. The maximum Gasteiger partial charge on any atom is 0.290 e. The van der Waals surface area contributed by atoms with Gasteiger partial charge in [-0.25, -0.2) is 0 Å². The zero-order valence-electron chi connectivity index (χ0n) is 20.0. The number of unbranched alkanes of at least 4 members (excludes halogenated alkanes) is 1. The lowest BCUT2D eigenvalue weighted by molar-refractivity contribution is 0.0708. The summed E-state index contributed by atoms with van der Waals surface area (Å²) in [5.41, 5.74) is 1.50. The molecule has 0 aliphatic carbocycles. The number of rotatable bonds is 10. The normalized spacial score (nSPS) is 15.4. The van der Waals surface area contributed by atoms with Gasteiger partial charge in [0.15, 0.2) is 5.43 Å². The quantitative estimate of drug-likeness (QED) is 0.320. The van der Waals surface area contributed by atoms with Crippen molar-refractivity contribution in [3.05, 3.63) is 74.0 Å².